The Balaban J connectivity index is 3.05. The average molecular weight is 302 g/mol. The van der Waals surface area contributed by atoms with Gasteiger partial charge in [0, 0.05) is 12.8 Å². The van der Waals surface area contributed by atoms with Crippen molar-refractivity contribution in [1.29, 1.82) is 0 Å². The molecule has 0 radical (unpaired) electrons. The number of aliphatic hydroxyl groups is 1. The van der Waals surface area contributed by atoms with Crippen molar-refractivity contribution < 1.29 is 28.9 Å². The SMILES string of the molecule is CCOC(=O)C(C(=O)OCC)C1(O)CCOC(C)(CC)C1. The lowest BCUT2D eigenvalue weighted by molar-refractivity contribution is -0.199. The summed E-state index contributed by atoms with van der Waals surface area (Å²) in [6, 6.07) is 0. The molecule has 0 amide bonds. The van der Waals surface area contributed by atoms with Gasteiger partial charge in [-0.3, -0.25) is 9.59 Å². The summed E-state index contributed by atoms with van der Waals surface area (Å²) in [5.41, 5.74) is -2.06. The second kappa shape index (κ2) is 7.22. The minimum Gasteiger partial charge on any atom is -0.465 e. The van der Waals surface area contributed by atoms with Crippen molar-refractivity contribution in [2.75, 3.05) is 19.8 Å². The fourth-order valence-corrected chi connectivity index (χ4v) is 2.72. The van der Waals surface area contributed by atoms with Gasteiger partial charge in [0.25, 0.3) is 0 Å². The molecule has 2 atom stereocenters. The molecule has 0 saturated carbocycles. The first-order chi connectivity index (χ1) is 9.82. The van der Waals surface area contributed by atoms with Crippen LogP contribution in [0.3, 0.4) is 0 Å². The highest BCUT2D eigenvalue weighted by Crippen LogP contribution is 2.40. The molecule has 2 unspecified atom stereocenters. The molecule has 6 nitrogen and oxygen atoms in total. The van der Waals surface area contributed by atoms with Crippen molar-refractivity contribution in [3.63, 3.8) is 0 Å². The van der Waals surface area contributed by atoms with Crippen LogP contribution in [0, 0.1) is 5.92 Å². The number of carbonyl (C=O) groups is 2. The molecular formula is C15H26O6. The van der Waals surface area contributed by atoms with Crippen molar-refractivity contribution in [2.45, 2.75) is 58.2 Å². The molecule has 1 fully saturated rings. The Morgan fingerprint density at radius 3 is 2.14 bits per heavy atom. The molecule has 6 heteroatoms. The molecule has 0 spiro atoms. The monoisotopic (exact) mass is 302 g/mol. The maximum Gasteiger partial charge on any atom is 0.323 e. The third-order valence-electron chi connectivity index (χ3n) is 4.00. The van der Waals surface area contributed by atoms with Crippen molar-refractivity contribution in [3.8, 4) is 0 Å². The maximum atomic E-state index is 12.1. The summed E-state index contributed by atoms with van der Waals surface area (Å²) in [6.45, 7) is 7.70. The third-order valence-corrected chi connectivity index (χ3v) is 4.00. The molecule has 0 aromatic carbocycles. The van der Waals surface area contributed by atoms with E-state index < -0.39 is 29.1 Å². The zero-order valence-corrected chi connectivity index (χ0v) is 13.3. The van der Waals surface area contributed by atoms with E-state index in [1.807, 2.05) is 13.8 Å². The van der Waals surface area contributed by atoms with Gasteiger partial charge in [-0.2, -0.15) is 0 Å². The highest BCUT2D eigenvalue weighted by molar-refractivity contribution is 5.96. The maximum absolute atomic E-state index is 12.1. The predicted molar refractivity (Wildman–Crippen MR) is 75.6 cm³/mol. The van der Waals surface area contributed by atoms with E-state index in [1.165, 1.54) is 0 Å². The lowest BCUT2D eigenvalue weighted by atomic mass is 9.74. The Morgan fingerprint density at radius 2 is 1.71 bits per heavy atom. The molecule has 0 aromatic heterocycles. The molecule has 1 heterocycles. The van der Waals surface area contributed by atoms with Gasteiger partial charge in [0.15, 0.2) is 5.92 Å². The van der Waals surface area contributed by atoms with Crippen LogP contribution in [0.15, 0.2) is 0 Å². The standard InChI is InChI=1S/C15H26O6/c1-5-14(4)10-15(18,8-9-21-14)11(12(16)19-6-2)13(17)20-7-3/h11,18H,5-10H2,1-4H3. The fourth-order valence-electron chi connectivity index (χ4n) is 2.72. The van der Waals surface area contributed by atoms with Crippen molar-refractivity contribution >= 4 is 11.9 Å². The Morgan fingerprint density at radius 1 is 1.19 bits per heavy atom. The van der Waals surface area contributed by atoms with Crippen molar-refractivity contribution in [3.05, 3.63) is 0 Å². The van der Waals surface area contributed by atoms with Gasteiger partial charge < -0.3 is 19.3 Å². The first-order valence-corrected chi connectivity index (χ1v) is 7.51. The van der Waals surface area contributed by atoms with E-state index in [4.69, 9.17) is 14.2 Å². The van der Waals surface area contributed by atoms with Gasteiger partial charge in [-0.1, -0.05) is 6.92 Å². The van der Waals surface area contributed by atoms with Crippen LogP contribution in [0.4, 0.5) is 0 Å². The molecule has 0 bridgehead atoms. The number of esters is 2. The summed E-state index contributed by atoms with van der Waals surface area (Å²) in [7, 11) is 0. The average Bonchev–Trinajstić information content (AvgIpc) is 2.39. The first-order valence-electron chi connectivity index (χ1n) is 7.51. The highest BCUT2D eigenvalue weighted by atomic mass is 16.6. The second-order valence-electron chi connectivity index (χ2n) is 5.62. The number of rotatable bonds is 6. The molecule has 1 aliphatic rings. The summed E-state index contributed by atoms with van der Waals surface area (Å²) < 4.78 is 15.6. The molecule has 1 rings (SSSR count). The molecule has 1 N–H and O–H groups in total. The number of hydrogen-bond donors (Lipinski definition) is 1. The second-order valence-corrected chi connectivity index (χ2v) is 5.62. The summed E-state index contributed by atoms with van der Waals surface area (Å²) in [5.74, 6) is -2.80. The van der Waals surface area contributed by atoms with E-state index in [0.29, 0.717) is 6.42 Å². The number of carbonyl (C=O) groups excluding carboxylic acids is 2. The quantitative estimate of drug-likeness (QED) is 0.590. The lowest BCUT2D eigenvalue weighted by Crippen LogP contribution is -2.56. The smallest absolute Gasteiger partial charge is 0.323 e. The van der Waals surface area contributed by atoms with E-state index in [2.05, 4.69) is 0 Å². The van der Waals surface area contributed by atoms with Crippen molar-refractivity contribution in [2.24, 2.45) is 5.92 Å². The van der Waals surface area contributed by atoms with Crippen LogP contribution >= 0.6 is 0 Å². The first kappa shape index (κ1) is 17.9. The normalized spacial score (nSPS) is 29.2. The number of hydrogen-bond acceptors (Lipinski definition) is 6. The van der Waals surface area contributed by atoms with E-state index in [1.54, 1.807) is 13.8 Å². The molecule has 21 heavy (non-hydrogen) atoms. The topological polar surface area (TPSA) is 82.1 Å². The fraction of sp³-hybridized carbons (Fsp3) is 0.867. The van der Waals surface area contributed by atoms with Crippen LogP contribution in [0.5, 0.6) is 0 Å². The van der Waals surface area contributed by atoms with Crippen LogP contribution in [0.2, 0.25) is 0 Å². The summed E-state index contributed by atoms with van der Waals surface area (Å²) in [5, 5.41) is 10.9. The van der Waals surface area contributed by atoms with E-state index in [9.17, 15) is 14.7 Å². The van der Waals surface area contributed by atoms with Crippen LogP contribution in [-0.2, 0) is 23.8 Å². The van der Waals surface area contributed by atoms with Gasteiger partial charge in [-0.05, 0) is 27.2 Å². The van der Waals surface area contributed by atoms with Crippen LogP contribution < -0.4 is 0 Å². The lowest BCUT2D eigenvalue weighted by Gasteiger charge is -2.45. The van der Waals surface area contributed by atoms with Gasteiger partial charge in [0.2, 0.25) is 0 Å². The summed E-state index contributed by atoms with van der Waals surface area (Å²) in [6.07, 6.45) is 1.07. The molecular weight excluding hydrogens is 276 g/mol. The van der Waals surface area contributed by atoms with E-state index in [0.717, 1.165) is 0 Å². The Labute approximate surface area is 125 Å². The Bertz CT molecular complexity index is 364. The van der Waals surface area contributed by atoms with E-state index in [-0.39, 0.29) is 32.7 Å². The van der Waals surface area contributed by atoms with Gasteiger partial charge in [0.1, 0.15) is 0 Å². The van der Waals surface area contributed by atoms with Gasteiger partial charge in [-0.25, -0.2) is 0 Å². The van der Waals surface area contributed by atoms with Gasteiger partial charge in [-0.15, -0.1) is 0 Å². The highest BCUT2D eigenvalue weighted by Gasteiger charge is 2.53. The molecule has 1 saturated heterocycles. The van der Waals surface area contributed by atoms with Crippen LogP contribution in [-0.4, -0.2) is 48.1 Å². The van der Waals surface area contributed by atoms with Crippen LogP contribution in [0.1, 0.15) is 47.0 Å². The van der Waals surface area contributed by atoms with E-state index >= 15 is 0 Å². The minimum atomic E-state index is -1.50. The summed E-state index contributed by atoms with van der Waals surface area (Å²) in [4.78, 5) is 24.3. The largest absolute Gasteiger partial charge is 0.465 e. The minimum absolute atomic E-state index is 0.145. The number of ether oxygens (including phenoxy) is 3. The third kappa shape index (κ3) is 4.17. The Hall–Kier alpha value is -1.14. The molecule has 0 aromatic rings. The summed E-state index contributed by atoms with van der Waals surface area (Å²) >= 11 is 0. The molecule has 1 aliphatic heterocycles. The van der Waals surface area contributed by atoms with Crippen LogP contribution in [0.25, 0.3) is 0 Å². The molecule has 0 aliphatic carbocycles. The van der Waals surface area contributed by atoms with Gasteiger partial charge in [0.05, 0.1) is 31.0 Å². The zero-order valence-electron chi connectivity index (χ0n) is 13.3. The molecule has 122 valence electrons. The van der Waals surface area contributed by atoms with Gasteiger partial charge >= 0.3 is 11.9 Å². The zero-order chi connectivity index (χ0) is 16.1. The van der Waals surface area contributed by atoms with Crippen molar-refractivity contribution in [1.82, 2.24) is 0 Å². The predicted octanol–water partition coefficient (Wildman–Crippen LogP) is 1.44. The Kier molecular flexibility index (Phi) is 6.16.